The van der Waals surface area contributed by atoms with Gasteiger partial charge in [-0.05, 0) is 29.7 Å². The van der Waals surface area contributed by atoms with Gasteiger partial charge in [-0.2, -0.15) is 0 Å². The van der Waals surface area contributed by atoms with Gasteiger partial charge in [0.05, 0.1) is 39.5 Å². The Balaban J connectivity index is 1.66. The Bertz CT molecular complexity index is 882. The lowest BCUT2D eigenvalue weighted by molar-refractivity contribution is -0.146. The molecule has 0 amide bonds. The van der Waals surface area contributed by atoms with Crippen LogP contribution in [0.25, 0.3) is 0 Å². The first-order valence-electron chi connectivity index (χ1n) is 9.92. The molecular weight excluding hydrogens is 386 g/mol. The summed E-state index contributed by atoms with van der Waals surface area (Å²) in [4.78, 5) is 12.2. The summed E-state index contributed by atoms with van der Waals surface area (Å²) in [5, 5.41) is 13.6. The number of benzene rings is 2. The molecule has 4 N–H and O–H groups in total. The number of carboxylic acid groups (broad SMARTS) is 1. The summed E-state index contributed by atoms with van der Waals surface area (Å²) < 4.78 is 16.3. The van der Waals surface area contributed by atoms with Crippen molar-refractivity contribution in [1.29, 1.82) is 0 Å². The molecule has 2 saturated heterocycles. The SMILES string of the molecule is COc1cc(C2CC(C(=O)O)C3C(NNC3c3ccccc3)N2)cc(OC)c1OC. The molecule has 2 aliphatic rings. The minimum absolute atomic E-state index is 0.0920. The summed E-state index contributed by atoms with van der Waals surface area (Å²) in [6.07, 6.45) is 0.246. The zero-order chi connectivity index (χ0) is 21.3. The van der Waals surface area contributed by atoms with Crippen LogP contribution in [-0.4, -0.2) is 38.6 Å². The largest absolute Gasteiger partial charge is 0.493 e. The Hall–Kier alpha value is -2.81. The van der Waals surface area contributed by atoms with Gasteiger partial charge in [0.1, 0.15) is 0 Å². The highest BCUT2D eigenvalue weighted by Gasteiger charge is 2.49. The fourth-order valence-corrected chi connectivity index (χ4v) is 4.64. The van der Waals surface area contributed by atoms with Gasteiger partial charge in [-0.3, -0.25) is 10.1 Å². The summed E-state index contributed by atoms with van der Waals surface area (Å²) in [5.41, 5.74) is 8.50. The van der Waals surface area contributed by atoms with Crippen molar-refractivity contribution < 1.29 is 24.1 Å². The number of fused-ring (bicyclic) bond motifs is 1. The Morgan fingerprint density at radius 3 is 2.20 bits per heavy atom. The number of carboxylic acids is 1. The van der Waals surface area contributed by atoms with Gasteiger partial charge in [0, 0.05) is 12.0 Å². The number of nitrogens with one attached hydrogen (secondary N) is 3. The third-order valence-electron chi connectivity index (χ3n) is 6.06. The lowest BCUT2D eigenvalue weighted by Crippen LogP contribution is -2.53. The van der Waals surface area contributed by atoms with Crippen LogP contribution in [0, 0.1) is 11.8 Å². The van der Waals surface area contributed by atoms with Crippen molar-refractivity contribution >= 4 is 5.97 Å². The second-order valence-electron chi connectivity index (χ2n) is 7.59. The quantitative estimate of drug-likeness (QED) is 0.572. The number of piperidine rings is 1. The fourth-order valence-electron chi connectivity index (χ4n) is 4.64. The summed E-state index contributed by atoms with van der Waals surface area (Å²) in [5.74, 6) is 0.133. The molecule has 2 fully saturated rings. The number of aliphatic carboxylic acids is 1. The predicted octanol–water partition coefficient (Wildman–Crippen LogP) is 2.24. The van der Waals surface area contributed by atoms with Crippen LogP contribution in [0.5, 0.6) is 17.2 Å². The van der Waals surface area contributed by atoms with Crippen molar-refractivity contribution in [1.82, 2.24) is 16.2 Å². The van der Waals surface area contributed by atoms with Crippen LogP contribution in [0.1, 0.15) is 29.6 Å². The molecule has 8 heteroatoms. The molecule has 2 aliphatic heterocycles. The second kappa shape index (κ2) is 8.51. The normalized spacial score (nSPS) is 27.9. The first-order valence-corrected chi connectivity index (χ1v) is 9.92. The minimum Gasteiger partial charge on any atom is -0.493 e. The number of methoxy groups -OCH3 is 3. The molecule has 2 heterocycles. The average Bonchev–Trinajstić information content (AvgIpc) is 3.21. The van der Waals surface area contributed by atoms with Gasteiger partial charge >= 0.3 is 5.97 Å². The summed E-state index contributed by atoms with van der Waals surface area (Å²) in [6, 6.07) is 13.4. The first-order chi connectivity index (χ1) is 14.6. The van der Waals surface area contributed by atoms with E-state index in [4.69, 9.17) is 14.2 Å². The average molecular weight is 413 g/mol. The number of ether oxygens (including phenoxy) is 3. The van der Waals surface area contributed by atoms with Gasteiger partial charge in [-0.1, -0.05) is 30.3 Å². The van der Waals surface area contributed by atoms with E-state index in [1.54, 1.807) is 21.3 Å². The lowest BCUT2D eigenvalue weighted by atomic mass is 9.75. The minimum atomic E-state index is -0.796. The van der Waals surface area contributed by atoms with Crippen molar-refractivity contribution in [3.63, 3.8) is 0 Å². The maximum absolute atomic E-state index is 12.2. The maximum atomic E-state index is 12.2. The van der Waals surface area contributed by atoms with Crippen molar-refractivity contribution in [2.45, 2.75) is 24.7 Å². The van der Waals surface area contributed by atoms with Crippen molar-refractivity contribution in [2.75, 3.05) is 21.3 Å². The van der Waals surface area contributed by atoms with E-state index >= 15 is 0 Å². The molecule has 0 aromatic heterocycles. The number of carbonyl (C=O) groups is 1. The molecule has 5 atom stereocenters. The Morgan fingerprint density at radius 2 is 1.63 bits per heavy atom. The Labute approximate surface area is 175 Å². The van der Waals surface area contributed by atoms with Gasteiger partial charge in [-0.15, -0.1) is 0 Å². The zero-order valence-corrected chi connectivity index (χ0v) is 17.2. The molecule has 0 aliphatic carbocycles. The van der Waals surface area contributed by atoms with Crippen LogP contribution in [0.2, 0.25) is 0 Å². The number of rotatable bonds is 6. The fraction of sp³-hybridized carbons (Fsp3) is 0.409. The highest BCUT2D eigenvalue weighted by molar-refractivity contribution is 5.71. The zero-order valence-electron chi connectivity index (χ0n) is 17.2. The molecule has 160 valence electrons. The van der Waals surface area contributed by atoms with Crippen LogP contribution >= 0.6 is 0 Å². The maximum Gasteiger partial charge on any atom is 0.307 e. The molecule has 5 unspecified atom stereocenters. The van der Waals surface area contributed by atoms with E-state index in [9.17, 15) is 9.90 Å². The number of hydrazine groups is 1. The molecule has 4 rings (SSSR count). The van der Waals surface area contributed by atoms with E-state index in [1.165, 1.54) is 0 Å². The van der Waals surface area contributed by atoms with Gasteiger partial charge in [0.25, 0.3) is 0 Å². The molecule has 0 bridgehead atoms. The smallest absolute Gasteiger partial charge is 0.307 e. The van der Waals surface area contributed by atoms with Gasteiger partial charge in [0.15, 0.2) is 11.5 Å². The molecule has 0 radical (unpaired) electrons. The van der Waals surface area contributed by atoms with E-state index in [0.717, 1.165) is 11.1 Å². The van der Waals surface area contributed by atoms with Crippen molar-refractivity contribution in [2.24, 2.45) is 11.8 Å². The Kier molecular flexibility index (Phi) is 5.80. The third kappa shape index (κ3) is 3.58. The monoisotopic (exact) mass is 413 g/mol. The third-order valence-corrected chi connectivity index (χ3v) is 6.06. The number of hydrogen-bond acceptors (Lipinski definition) is 7. The van der Waals surface area contributed by atoms with Gasteiger partial charge < -0.3 is 19.3 Å². The molecule has 2 aromatic rings. The first kappa shape index (κ1) is 20.5. The molecule has 2 aromatic carbocycles. The Morgan fingerprint density at radius 1 is 0.967 bits per heavy atom. The van der Waals surface area contributed by atoms with Crippen molar-refractivity contribution in [3.8, 4) is 17.2 Å². The van der Waals surface area contributed by atoms with Crippen LogP contribution < -0.4 is 30.4 Å². The highest BCUT2D eigenvalue weighted by atomic mass is 16.5. The molecule has 0 saturated carbocycles. The topological polar surface area (TPSA) is 101 Å². The molecule has 30 heavy (non-hydrogen) atoms. The van der Waals surface area contributed by atoms with Gasteiger partial charge in [-0.25, -0.2) is 10.9 Å². The predicted molar refractivity (Wildman–Crippen MR) is 110 cm³/mol. The molecule has 8 nitrogen and oxygen atoms in total. The van der Waals surface area contributed by atoms with Crippen LogP contribution in [0.4, 0.5) is 0 Å². The number of hydrogen-bond donors (Lipinski definition) is 4. The van der Waals surface area contributed by atoms with Crippen LogP contribution in [-0.2, 0) is 4.79 Å². The molecular formula is C22H27N3O5. The second-order valence-corrected chi connectivity index (χ2v) is 7.59. The lowest BCUT2D eigenvalue weighted by Gasteiger charge is -2.39. The van der Waals surface area contributed by atoms with Crippen LogP contribution in [0.15, 0.2) is 42.5 Å². The van der Waals surface area contributed by atoms with E-state index in [2.05, 4.69) is 16.2 Å². The van der Waals surface area contributed by atoms with Gasteiger partial charge in [0.2, 0.25) is 5.75 Å². The summed E-state index contributed by atoms with van der Waals surface area (Å²) in [6.45, 7) is 0. The molecule has 0 spiro atoms. The van der Waals surface area contributed by atoms with E-state index < -0.39 is 11.9 Å². The summed E-state index contributed by atoms with van der Waals surface area (Å²) in [7, 11) is 4.69. The van der Waals surface area contributed by atoms with E-state index in [1.807, 2.05) is 42.5 Å². The van der Waals surface area contributed by atoms with Crippen LogP contribution in [0.3, 0.4) is 0 Å². The van der Waals surface area contributed by atoms with E-state index in [0.29, 0.717) is 23.7 Å². The summed E-state index contributed by atoms with van der Waals surface area (Å²) >= 11 is 0. The van der Waals surface area contributed by atoms with Crippen molar-refractivity contribution in [3.05, 3.63) is 53.6 Å². The highest BCUT2D eigenvalue weighted by Crippen LogP contribution is 2.45. The van der Waals surface area contributed by atoms with E-state index in [-0.39, 0.29) is 24.2 Å². The standard InChI is InChI=1S/C22H27N3O5/c1-28-16-9-13(10-17(29-2)20(16)30-3)15-11-14(22(26)27)18-19(24-25-21(18)23-15)12-7-5-4-6-8-12/h4-10,14-15,18-19,21,23-25H,11H2,1-3H3,(H,26,27).